The van der Waals surface area contributed by atoms with Gasteiger partial charge in [-0.1, -0.05) is 30.3 Å². The van der Waals surface area contributed by atoms with E-state index in [1.165, 1.54) is 0 Å². The Labute approximate surface area is 137 Å². The summed E-state index contributed by atoms with van der Waals surface area (Å²) in [6, 6.07) is 17.9. The quantitative estimate of drug-likeness (QED) is 0.800. The lowest BCUT2D eigenvalue weighted by Crippen LogP contribution is -2.26. The Hall–Kier alpha value is -1.94. The van der Waals surface area contributed by atoms with E-state index in [-0.39, 0.29) is 11.8 Å². The molecule has 0 heterocycles. The highest BCUT2D eigenvalue weighted by atomic mass is 32.1. The van der Waals surface area contributed by atoms with Crippen LogP contribution in [-0.4, -0.2) is 25.8 Å². The summed E-state index contributed by atoms with van der Waals surface area (Å²) in [6.07, 6.45) is 0.700. The van der Waals surface area contributed by atoms with Crippen molar-refractivity contribution < 1.29 is 4.79 Å². The van der Waals surface area contributed by atoms with E-state index in [4.69, 9.17) is 0 Å². The first-order chi connectivity index (χ1) is 10.6. The molecule has 1 unspecified atom stereocenters. The highest BCUT2D eigenvalue weighted by Gasteiger charge is 2.17. The van der Waals surface area contributed by atoms with Crippen molar-refractivity contribution in [2.24, 2.45) is 5.92 Å². The second kappa shape index (κ2) is 7.90. The monoisotopic (exact) mass is 314 g/mol. The van der Waals surface area contributed by atoms with Crippen molar-refractivity contribution in [3.05, 3.63) is 60.2 Å². The van der Waals surface area contributed by atoms with Crippen molar-refractivity contribution in [1.82, 2.24) is 0 Å². The van der Waals surface area contributed by atoms with E-state index in [0.717, 1.165) is 16.9 Å². The number of rotatable bonds is 6. The Morgan fingerprint density at radius 1 is 1.09 bits per heavy atom. The van der Waals surface area contributed by atoms with Crippen molar-refractivity contribution in [3.63, 3.8) is 0 Å². The summed E-state index contributed by atoms with van der Waals surface area (Å²) in [5, 5.41) is 2.97. The molecule has 0 aliphatic carbocycles. The number of anilines is 2. The van der Waals surface area contributed by atoms with Crippen LogP contribution in [0, 0.1) is 5.92 Å². The van der Waals surface area contributed by atoms with E-state index in [9.17, 15) is 4.79 Å². The second-order valence-electron chi connectivity index (χ2n) is 5.50. The van der Waals surface area contributed by atoms with Gasteiger partial charge >= 0.3 is 0 Å². The minimum Gasteiger partial charge on any atom is -0.378 e. The fourth-order valence-electron chi connectivity index (χ4n) is 2.23. The first kappa shape index (κ1) is 16.4. The molecule has 1 amide bonds. The predicted octanol–water partition coefficient (Wildman–Crippen LogP) is 3.48. The summed E-state index contributed by atoms with van der Waals surface area (Å²) >= 11 is 4.33. The minimum atomic E-state index is -0.140. The normalized spacial score (nSPS) is 11.8. The standard InChI is InChI=1S/C18H22N2OS/c1-20(2)17-10-8-16(9-11-17)19-18(21)15(13-22)12-14-6-4-3-5-7-14/h3-11,15,22H,12-13H2,1-2H3,(H,19,21). The first-order valence-corrected chi connectivity index (χ1v) is 7.96. The van der Waals surface area contributed by atoms with Crippen LogP contribution in [0.1, 0.15) is 5.56 Å². The average Bonchev–Trinajstić information content (AvgIpc) is 2.54. The molecule has 3 nitrogen and oxygen atoms in total. The fourth-order valence-corrected chi connectivity index (χ4v) is 2.52. The van der Waals surface area contributed by atoms with Crippen molar-refractivity contribution in [2.75, 3.05) is 30.1 Å². The number of hydrogen-bond donors (Lipinski definition) is 2. The van der Waals surface area contributed by atoms with Gasteiger partial charge in [-0.3, -0.25) is 4.79 Å². The molecule has 0 aromatic heterocycles. The summed E-state index contributed by atoms with van der Waals surface area (Å²) < 4.78 is 0. The van der Waals surface area contributed by atoms with Gasteiger partial charge in [0.2, 0.25) is 5.91 Å². The van der Waals surface area contributed by atoms with Crippen LogP contribution in [0.2, 0.25) is 0 Å². The van der Waals surface area contributed by atoms with Gasteiger partial charge in [-0.05, 0) is 36.2 Å². The predicted molar refractivity (Wildman–Crippen MR) is 96.9 cm³/mol. The third-order valence-corrected chi connectivity index (χ3v) is 4.01. The third-order valence-electron chi connectivity index (χ3n) is 3.57. The molecule has 0 spiro atoms. The van der Waals surface area contributed by atoms with Crippen LogP contribution in [0.5, 0.6) is 0 Å². The maximum atomic E-state index is 12.4. The van der Waals surface area contributed by atoms with Crippen molar-refractivity contribution in [3.8, 4) is 0 Å². The van der Waals surface area contributed by atoms with Gasteiger partial charge in [0.05, 0.1) is 5.92 Å². The molecular formula is C18H22N2OS. The number of nitrogens with zero attached hydrogens (tertiary/aromatic N) is 1. The van der Waals surface area contributed by atoms with E-state index in [2.05, 4.69) is 17.9 Å². The molecule has 0 aliphatic rings. The van der Waals surface area contributed by atoms with E-state index >= 15 is 0 Å². The molecule has 2 aromatic rings. The smallest absolute Gasteiger partial charge is 0.228 e. The summed E-state index contributed by atoms with van der Waals surface area (Å²) in [5.74, 6) is 0.395. The minimum absolute atomic E-state index is 0.0106. The second-order valence-corrected chi connectivity index (χ2v) is 5.86. The van der Waals surface area contributed by atoms with E-state index < -0.39 is 0 Å². The maximum Gasteiger partial charge on any atom is 0.228 e. The summed E-state index contributed by atoms with van der Waals surface area (Å²) in [7, 11) is 3.98. The molecule has 2 rings (SSSR count). The molecule has 0 fully saturated rings. The van der Waals surface area contributed by atoms with Crippen molar-refractivity contribution >= 4 is 29.9 Å². The molecule has 1 atom stereocenters. The van der Waals surface area contributed by atoms with Crippen LogP contribution >= 0.6 is 12.6 Å². The molecule has 116 valence electrons. The van der Waals surface area contributed by atoms with Crippen LogP contribution < -0.4 is 10.2 Å². The van der Waals surface area contributed by atoms with E-state index in [1.54, 1.807) is 0 Å². The van der Waals surface area contributed by atoms with Gasteiger partial charge in [-0.25, -0.2) is 0 Å². The van der Waals surface area contributed by atoms with Gasteiger partial charge in [0.15, 0.2) is 0 Å². The zero-order chi connectivity index (χ0) is 15.9. The number of carbonyl (C=O) groups is 1. The van der Waals surface area contributed by atoms with Crippen molar-refractivity contribution in [1.29, 1.82) is 0 Å². The first-order valence-electron chi connectivity index (χ1n) is 7.33. The molecule has 0 saturated heterocycles. The third kappa shape index (κ3) is 4.53. The van der Waals surface area contributed by atoms with Gasteiger partial charge < -0.3 is 10.2 Å². The van der Waals surface area contributed by atoms with Crippen LogP contribution in [0.15, 0.2) is 54.6 Å². The van der Waals surface area contributed by atoms with Gasteiger partial charge in [0.25, 0.3) is 0 Å². The lowest BCUT2D eigenvalue weighted by molar-refractivity contribution is -0.119. The summed E-state index contributed by atoms with van der Waals surface area (Å²) in [5.41, 5.74) is 3.07. The molecule has 0 aliphatic heterocycles. The SMILES string of the molecule is CN(C)c1ccc(NC(=O)C(CS)Cc2ccccc2)cc1. The summed E-state index contributed by atoms with van der Waals surface area (Å²) in [6.45, 7) is 0. The Kier molecular flexibility index (Phi) is 5.90. The molecular weight excluding hydrogens is 292 g/mol. The highest BCUT2D eigenvalue weighted by Crippen LogP contribution is 2.18. The fraction of sp³-hybridized carbons (Fsp3) is 0.278. The molecule has 2 aromatic carbocycles. The number of nitrogens with one attached hydrogen (secondary N) is 1. The number of amides is 1. The van der Waals surface area contributed by atoms with Crippen LogP contribution in [0.25, 0.3) is 0 Å². The lowest BCUT2D eigenvalue weighted by atomic mass is 10.00. The van der Waals surface area contributed by atoms with E-state index in [0.29, 0.717) is 12.2 Å². The van der Waals surface area contributed by atoms with Crippen LogP contribution in [0.3, 0.4) is 0 Å². The molecule has 22 heavy (non-hydrogen) atoms. The average molecular weight is 314 g/mol. The topological polar surface area (TPSA) is 32.3 Å². The van der Waals surface area contributed by atoms with Crippen LogP contribution in [0.4, 0.5) is 11.4 Å². The molecule has 0 saturated carbocycles. The highest BCUT2D eigenvalue weighted by molar-refractivity contribution is 7.80. The Bertz CT molecular complexity index is 596. The number of hydrogen-bond acceptors (Lipinski definition) is 3. The zero-order valence-corrected chi connectivity index (χ0v) is 13.9. The number of benzene rings is 2. The Morgan fingerprint density at radius 2 is 1.73 bits per heavy atom. The maximum absolute atomic E-state index is 12.4. The van der Waals surface area contributed by atoms with Gasteiger partial charge in [-0.15, -0.1) is 0 Å². The van der Waals surface area contributed by atoms with Gasteiger partial charge in [-0.2, -0.15) is 12.6 Å². The number of thiol groups is 1. The largest absolute Gasteiger partial charge is 0.378 e. The van der Waals surface area contributed by atoms with Gasteiger partial charge in [0.1, 0.15) is 0 Å². The van der Waals surface area contributed by atoms with Gasteiger partial charge in [0, 0.05) is 31.2 Å². The Morgan fingerprint density at radius 3 is 2.27 bits per heavy atom. The molecule has 0 bridgehead atoms. The lowest BCUT2D eigenvalue weighted by Gasteiger charge is -2.16. The van der Waals surface area contributed by atoms with E-state index in [1.807, 2.05) is 73.6 Å². The summed E-state index contributed by atoms with van der Waals surface area (Å²) in [4.78, 5) is 14.4. The molecule has 0 radical (unpaired) electrons. The van der Waals surface area contributed by atoms with Crippen molar-refractivity contribution in [2.45, 2.75) is 6.42 Å². The van der Waals surface area contributed by atoms with Crippen LogP contribution in [-0.2, 0) is 11.2 Å². The number of carbonyl (C=O) groups excluding carboxylic acids is 1. The zero-order valence-electron chi connectivity index (χ0n) is 13.0. The molecule has 4 heteroatoms. The Balaban J connectivity index is 2.00. The molecule has 1 N–H and O–H groups in total.